The molecule has 0 aromatic heterocycles. The van der Waals surface area contributed by atoms with Crippen LogP contribution in [0, 0.1) is 17.3 Å². The second-order valence-corrected chi connectivity index (χ2v) is 10.6. The molecule has 8 nitrogen and oxygen atoms in total. The van der Waals surface area contributed by atoms with Gasteiger partial charge >= 0.3 is 0 Å². The number of carbonyl (C=O) groups is 3. The molecule has 0 aliphatic rings. The number of quaternary nitrogens is 2. The Balaban J connectivity index is 4.83. The second-order valence-electron chi connectivity index (χ2n) is 10.6. The molecular weight excluding hydrogens is 372 g/mol. The van der Waals surface area contributed by atoms with Crippen molar-refractivity contribution < 1.29 is 28.5 Å². The minimum absolute atomic E-state index is 0.149. The highest BCUT2D eigenvalue weighted by Crippen LogP contribution is 2.29. The molecule has 0 saturated heterocycles. The number of aliphatic hydroxyl groups is 1. The van der Waals surface area contributed by atoms with Crippen LogP contribution in [0.15, 0.2) is 0 Å². The SMILES string of the molecule is CCC(CC(C=O)CC(C)(C)C(=O)NC[N+](C)(C)CC(O)C[N+](C)(C)C)C(N)=O. The van der Waals surface area contributed by atoms with Gasteiger partial charge in [-0.3, -0.25) is 9.59 Å². The molecule has 0 aromatic rings. The van der Waals surface area contributed by atoms with Crippen molar-refractivity contribution in [3.8, 4) is 0 Å². The zero-order valence-corrected chi connectivity index (χ0v) is 19.7. The first-order valence-corrected chi connectivity index (χ1v) is 10.4. The van der Waals surface area contributed by atoms with Gasteiger partial charge in [-0.15, -0.1) is 0 Å². The number of hydrogen-bond acceptors (Lipinski definition) is 4. The van der Waals surface area contributed by atoms with Gasteiger partial charge in [-0.1, -0.05) is 20.8 Å². The normalized spacial score (nSPS) is 16.0. The summed E-state index contributed by atoms with van der Waals surface area (Å²) in [6, 6.07) is 0. The lowest BCUT2D eigenvalue weighted by atomic mass is 9.78. The van der Waals surface area contributed by atoms with E-state index in [-0.39, 0.29) is 11.8 Å². The van der Waals surface area contributed by atoms with Crippen molar-refractivity contribution in [1.82, 2.24) is 5.32 Å². The molecule has 0 saturated carbocycles. The highest BCUT2D eigenvalue weighted by Gasteiger charge is 2.34. The average Bonchev–Trinajstić information content (AvgIpc) is 2.53. The molecule has 0 aliphatic carbocycles. The summed E-state index contributed by atoms with van der Waals surface area (Å²) >= 11 is 0. The van der Waals surface area contributed by atoms with Gasteiger partial charge in [0.2, 0.25) is 11.8 Å². The van der Waals surface area contributed by atoms with E-state index in [4.69, 9.17) is 5.73 Å². The van der Waals surface area contributed by atoms with Crippen molar-refractivity contribution >= 4 is 18.1 Å². The molecule has 0 rings (SSSR count). The summed E-state index contributed by atoms with van der Waals surface area (Å²) in [5.74, 6) is -1.32. The fraction of sp³-hybridized carbons (Fsp3) is 0.857. The topological polar surface area (TPSA) is 109 Å². The lowest BCUT2D eigenvalue weighted by molar-refractivity contribution is -0.908. The minimum atomic E-state index is -0.761. The third-order valence-electron chi connectivity index (χ3n) is 5.19. The van der Waals surface area contributed by atoms with Crippen LogP contribution < -0.4 is 11.1 Å². The molecule has 3 atom stereocenters. The number of primary amides is 1. The molecule has 0 bridgehead atoms. The van der Waals surface area contributed by atoms with E-state index in [1.165, 1.54) is 0 Å². The number of nitrogens with two attached hydrogens (primary N) is 1. The Bertz CT molecular complexity index is 555. The Hall–Kier alpha value is -1.51. The van der Waals surface area contributed by atoms with Gasteiger partial charge in [0.1, 0.15) is 19.4 Å². The second kappa shape index (κ2) is 11.0. The van der Waals surface area contributed by atoms with E-state index in [1.807, 2.05) is 42.2 Å². The molecule has 2 amide bonds. The first kappa shape index (κ1) is 27.5. The van der Waals surface area contributed by atoms with Crippen LogP contribution in [-0.2, 0) is 14.4 Å². The van der Waals surface area contributed by atoms with Gasteiger partial charge in [0.05, 0.1) is 35.2 Å². The minimum Gasteiger partial charge on any atom is -0.382 e. The molecule has 0 spiro atoms. The van der Waals surface area contributed by atoms with Crippen LogP contribution in [0.2, 0.25) is 0 Å². The van der Waals surface area contributed by atoms with Gasteiger partial charge in [0, 0.05) is 17.3 Å². The summed E-state index contributed by atoms with van der Waals surface area (Å²) in [4.78, 5) is 35.8. The van der Waals surface area contributed by atoms with Crippen LogP contribution in [0.5, 0.6) is 0 Å². The zero-order valence-electron chi connectivity index (χ0n) is 19.7. The lowest BCUT2D eigenvalue weighted by Crippen LogP contribution is -2.56. The first-order valence-electron chi connectivity index (χ1n) is 10.4. The highest BCUT2D eigenvalue weighted by molar-refractivity contribution is 5.82. The molecule has 4 N–H and O–H groups in total. The van der Waals surface area contributed by atoms with E-state index in [0.29, 0.717) is 48.0 Å². The number of rotatable bonds is 14. The fourth-order valence-electron chi connectivity index (χ4n) is 3.63. The Morgan fingerprint density at radius 1 is 1.14 bits per heavy atom. The van der Waals surface area contributed by atoms with Gasteiger partial charge in [0.15, 0.2) is 12.8 Å². The zero-order chi connectivity index (χ0) is 23.0. The average molecular weight is 417 g/mol. The van der Waals surface area contributed by atoms with Gasteiger partial charge in [-0.2, -0.15) is 0 Å². The number of amides is 2. The lowest BCUT2D eigenvalue weighted by Gasteiger charge is -2.35. The summed E-state index contributed by atoms with van der Waals surface area (Å²) in [5, 5.41) is 13.3. The fourth-order valence-corrected chi connectivity index (χ4v) is 3.63. The van der Waals surface area contributed by atoms with E-state index in [2.05, 4.69) is 5.32 Å². The molecule has 3 unspecified atom stereocenters. The molecular formula is C21H44N4O4+2. The first-order chi connectivity index (χ1) is 13.0. The number of nitrogens with one attached hydrogen (secondary N) is 1. The third-order valence-corrected chi connectivity index (χ3v) is 5.19. The van der Waals surface area contributed by atoms with Gasteiger partial charge < -0.3 is 29.9 Å². The summed E-state index contributed by atoms with van der Waals surface area (Å²) in [5.41, 5.74) is 4.63. The van der Waals surface area contributed by atoms with Crippen LogP contribution in [0.25, 0.3) is 0 Å². The van der Waals surface area contributed by atoms with E-state index in [9.17, 15) is 19.5 Å². The molecule has 0 heterocycles. The number of likely N-dealkylation sites (N-methyl/N-ethyl adjacent to an activating group) is 2. The smallest absolute Gasteiger partial charge is 0.229 e. The van der Waals surface area contributed by atoms with Gasteiger partial charge in [-0.05, 0) is 19.3 Å². The van der Waals surface area contributed by atoms with Gasteiger partial charge in [-0.25, -0.2) is 0 Å². The standard InChI is InChI=1S/C21H42N4O4/c1-9-17(19(22)28)10-16(14-26)11-21(2,3)20(29)23-15-25(7,8)13-18(27)12-24(4,5)6/h14,16-18,27H,9-13,15H2,1-8H3,(H-2,22,23,28,29)/p+2. The van der Waals surface area contributed by atoms with E-state index in [1.54, 1.807) is 13.8 Å². The number of aldehydes is 1. The van der Waals surface area contributed by atoms with Crippen LogP contribution >= 0.6 is 0 Å². The van der Waals surface area contributed by atoms with Gasteiger partial charge in [0.25, 0.3) is 0 Å². The van der Waals surface area contributed by atoms with E-state index >= 15 is 0 Å². The Morgan fingerprint density at radius 3 is 2.10 bits per heavy atom. The number of aliphatic hydroxyl groups excluding tert-OH is 1. The third kappa shape index (κ3) is 11.3. The largest absolute Gasteiger partial charge is 0.382 e. The predicted molar refractivity (Wildman–Crippen MR) is 114 cm³/mol. The van der Waals surface area contributed by atoms with Crippen molar-refractivity contribution in [1.29, 1.82) is 0 Å². The Labute approximate surface area is 176 Å². The van der Waals surface area contributed by atoms with Crippen molar-refractivity contribution in [3.05, 3.63) is 0 Å². The quantitative estimate of drug-likeness (QED) is 0.215. The van der Waals surface area contributed by atoms with Crippen molar-refractivity contribution in [2.75, 3.05) is 55.0 Å². The molecule has 0 fully saturated rings. The van der Waals surface area contributed by atoms with E-state index < -0.39 is 23.3 Å². The number of hydrogen-bond donors (Lipinski definition) is 3. The number of nitrogens with zero attached hydrogens (tertiary/aromatic N) is 2. The molecule has 8 heteroatoms. The Morgan fingerprint density at radius 2 is 1.69 bits per heavy atom. The van der Waals surface area contributed by atoms with Crippen molar-refractivity contribution in [3.63, 3.8) is 0 Å². The van der Waals surface area contributed by atoms with E-state index in [0.717, 1.165) is 6.29 Å². The summed E-state index contributed by atoms with van der Waals surface area (Å²) < 4.78 is 1.11. The summed E-state index contributed by atoms with van der Waals surface area (Å²) in [6.07, 6.45) is 1.64. The summed E-state index contributed by atoms with van der Waals surface area (Å²) in [7, 11) is 9.99. The van der Waals surface area contributed by atoms with Crippen LogP contribution in [0.3, 0.4) is 0 Å². The van der Waals surface area contributed by atoms with Crippen LogP contribution in [-0.4, -0.2) is 93.3 Å². The highest BCUT2D eigenvalue weighted by atomic mass is 16.3. The molecule has 0 aliphatic heterocycles. The van der Waals surface area contributed by atoms with Crippen LogP contribution in [0.4, 0.5) is 0 Å². The Kier molecular flexibility index (Phi) is 10.5. The number of carbonyl (C=O) groups excluding carboxylic acids is 3. The molecule has 0 aromatic carbocycles. The van der Waals surface area contributed by atoms with Crippen LogP contribution in [0.1, 0.15) is 40.0 Å². The maximum atomic E-state index is 12.8. The molecule has 0 radical (unpaired) electrons. The molecule has 29 heavy (non-hydrogen) atoms. The predicted octanol–water partition coefficient (Wildman–Crippen LogP) is 0.337. The molecule has 170 valence electrons. The monoisotopic (exact) mass is 416 g/mol. The maximum Gasteiger partial charge on any atom is 0.229 e. The van der Waals surface area contributed by atoms with Crippen molar-refractivity contribution in [2.24, 2.45) is 23.0 Å². The summed E-state index contributed by atoms with van der Waals surface area (Å²) in [6.45, 7) is 6.99. The van der Waals surface area contributed by atoms with Crippen molar-refractivity contribution in [2.45, 2.75) is 46.1 Å². The maximum absolute atomic E-state index is 12.8.